The molecule has 0 unspecified atom stereocenters. The van der Waals surface area contributed by atoms with Crippen molar-refractivity contribution in [1.29, 1.82) is 0 Å². The smallest absolute Gasteiger partial charge is 0.124 e. The zero-order valence-corrected chi connectivity index (χ0v) is 13.4. The number of hydrogen-bond acceptors (Lipinski definition) is 3. The lowest BCUT2D eigenvalue weighted by atomic mass is 10.0. The first-order valence-electron chi connectivity index (χ1n) is 6.69. The van der Waals surface area contributed by atoms with E-state index in [4.69, 9.17) is 0 Å². The molecule has 106 valence electrons. The number of thiophene rings is 1. The van der Waals surface area contributed by atoms with Gasteiger partial charge in [0.05, 0.1) is 6.04 Å². The molecular weight excluding hydrogens is 339 g/mol. The molecule has 1 aliphatic rings. The van der Waals surface area contributed by atoms with E-state index in [2.05, 4.69) is 43.7 Å². The lowest BCUT2D eigenvalue weighted by Gasteiger charge is -2.35. The summed E-state index contributed by atoms with van der Waals surface area (Å²) in [6, 6.07) is 9.43. The van der Waals surface area contributed by atoms with Crippen molar-refractivity contribution in [2.75, 3.05) is 26.2 Å². The summed E-state index contributed by atoms with van der Waals surface area (Å²) in [6.07, 6.45) is 0. The average Bonchev–Trinajstić information content (AvgIpc) is 2.97. The molecule has 20 heavy (non-hydrogen) atoms. The Morgan fingerprint density at radius 1 is 1.25 bits per heavy atom. The highest BCUT2D eigenvalue weighted by molar-refractivity contribution is 9.10. The Hall–Kier alpha value is -0.750. The van der Waals surface area contributed by atoms with Gasteiger partial charge < -0.3 is 5.32 Å². The first-order chi connectivity index (χ1) is 9.75. The van der Waals surface area contributed by atoms with Gasteiger partial charge in [-0.15, -0.1) is 11.3 Å². The van der Waals surface area contributed by atoms with Gasteiger partial charge in [-0.2, -0.15) is 0 Å². The molecule has 2 heterocycles. The van der Waals surface area contributed by atoms with Crippen LogP contribution in [0.3, 0.4) is 0 Å². The van der Waals surface area contributed by atoms with E-state index in [1.165, 1.54) is 4.88 Å². The molecule has 1 fully saturated rings. The van der Waals surface area contributed by atoms with Crippen LogP contribution in [-0.4, -0.2) is 31.1 Å². The van der Waals surface area contributed by atoms with Gasteiger partial charge in [0.15, 0.2) is 0 Å². The predicted octanol–water partition coefficient (Wildman–Crippen LogP) is 3.64. The molecule has 2 aromatic rings. The van der Waals surface area contributed by atoms with Crippen LogP contribution in [-0.2, 0) is 0 Å². The topological polar surface area (TPSA) is 15.3 Å². The zero-order valence-electron chi connectivity index (χ0n) is 11.0. The first-order valence-corrected chi connectivity index (χ1v) is 8.36. The lowest BCUT2D eigenvalue weighted by molar-refractivity contribution is 0.200. The van der Waals surface area contributed by atoms with Crippen LogP contribution in [0.4, 0.5) is 4.39 Å². The molecule has 1 aliphatic heterocycles. The summed E-state index contributed by atoms with van der Waals surface area (Å²) in [6.45, 7) is 4.01. The van der Waals surface area contributed by atoms with E-state index < -0.39 is 0 Å². The van der Waals surface area contributed by atoms with E-state index in [1.807, 2.05) is 6.07 Å². The molecule has 0 saturated carbocycles. The minimum atomic E-state index is -0.203. The van der Waals surface area contributed by atoms with Gasteiger partial charge in [-0.1, -0.05) is 28.1 Å². The summed E-state index contributed by atoms with van der Waals surface area (Å²) in [4.78, 5) is 3.76. The molecule has 1 aromatic carbocycles. The number of nitrogens with one attached hydrogen (secondary N) is 1. The highest BCUT2D eigenvalue weighted by Crippen LogP contribution is 2.36. The van der Waals surface area contributed by atoms with Crippen LogP contribution in [0, 0.1) is 5.82 Å². The van der Waals surface area contributed by atoms with E-state index >= 15 is 0 Å². The van der Waals surface area contributed by atoms with Crippen molar-refractivity contribution in [3.8, 4) is 0 Å². The van der Waals surface area contributed by atoms with Crippen LogP contribution in [0.25, 0.3) is 0 Å². The summed E-state index contributed by atoms with van der Waals surface area (Å²) < 4.78 is 14.2. The zero-order chi connectivity index (χ0) is 13.9. The molecule has 0 amide bonds. The molecule has 2 nitrogen and oxygen atoms in total. The van der Waals surface area contributed by atoms with Crippen molar-refractivity contribution in [1.82, 2.24) is 10.2 Å². The van der Waals surface area contributed by atoms with Crippen LogP contribution < -0.4 is 5.32 Å². The van der Waals surface area contributed by atoms with E-state index in [0.717, 1.165) is 36.2 Å². The standard InChI is InChI=1S/C15H16BrFN2S/c16-13-10-11(17)3-4-12(13)15(14-2-1-9-20-14)19-7-5-18-6-8-19/h1-4,9-10,15,18H,5-8H2/t15-/m1/s1. The van der Waals surface area contributed by atoms with Crippen molar-refractivity contribution in [2.45, 2.75) is 6.04 Å². The maximum absolute atomic E-state index is 13.3. The minimum Gasteiger partial charge on any atom is -0.314 e. The van der Waals surface area contributed by atoms with Gasteiger partial charge in [-0.05, 0) is 29.1 Å². The Balaban J connectivity index is 2.00. The summed E-state index contributed by atoms with van der Waals surface area (Å²) >= 11 is 5.28. The molecule has 1 N–H and O–H groups in total. The molecular formula is C15H16BrFN2S. The SMILES string of the molecule is Fc1ccc([C@H](c2cccs2)N2CCNCC2)c(Br)c1. The molecule has 5 heteroatoms. The Labute approximate surface area is 130 Å². The third-order valence-corrected chi connectivity index (χ3v) is 5.20. The molecule has 1 saturated heterocycles. The van der Waals surface area contributed by atoms with E-state index in [1.54, 1.807) is 23.5 Å². The van der Waals surface area contributed by atoms with Crippen LogP contribution in [0.5, 0.6) is 0 Å². The van der Waals surface area contributed by atoms with Crippen molar-refractivity contribution < 1.29 is 4.39 Å². The van der Waals surface area contributed by atoms with E-state index in [0.29, 0.717) is 0 Å². The fourth-order valence-corrected chi connectivity index (χ4v) is 4.08. The quantitative estimate of drug-likeness (QED) is 0.904. The van der Waals surface area contributed by atoms with Crippen LogP contribution >= 0.6 is 27.3 Å². The fraction of sp³-hybridized carbons (Fsp3) is 0.333. The number of piperazine rings is 1. The number of nitrogens with zero attached hydrogens (tertiary/aromatic N) is 1. The molecule has 1 aromatic heterocycles. The monoisotopic (exact) mass is 354 g/mol. The Bertz CT molecular complexity index is 567. The summed E-state index contributed by atoms with van der Waals surface area (Å²) in [5.74, 6) is -0.203. The van der Waals surface area contributed by atoms with Gasteiger partial charge in [0.2, 0.25) is 0 Å². The largest absolute Gasteiger partial charge is 0.314 e. The first kappa shape index (κ1) is 14.2. The number of rotatable bonds is 3. The maximum Gasteiger partial charge on any atom is 0.124 e. The highest BCUT2D eigenvalue weighted by atomic mass is 79.9. The van der Waals surface area contributed by atoms with Crippen LogP contribution in [0.1, 0.15) is 16.5 Å². The number of benzene rings is 1. The van der Waals surface area contributed by atoms with Crippen LogP contribution in [0.15, 0.2) is 40.2 Å². The summed E-state index contributed by atoms with van der Waals surface area (Å²) in [5.41, 5.74) is 1.13. The molecule has 3 rings (SSSR count). The molecule has 0 spiro atoms. The molecule has 0 aliphatic carbocycles. The molecule has 1 atom stereocenters. The summed E-state index contributed by atoms with van der Waals surface area (Å²) in [7, 11) is 0. The number of hydrogen-bond donors (Lipinski definition) is 1. The second-order valence-corrected chi connectivity index (χ2v) is 6.70. The van der Waals surface area contributed by atoms with Gasteiger partial charge in [0, 0.05) is 35.5 Å². The van der Waals surface area contributed by atoms with E-state index in [-0.39, 0.29) is 11.9 Å². The molecule has 0 radical (unpaired) electrons. The second-order valence-electron chi connectivity index (χ2n) is 4.87. The van der Waals surface area contributed by atoms with Crippen molar-refractivity contribution in [3.05, 3.63) is 56.4 Å². The molecule has 0 bridgehead atoms. The van der Waals surface area contributed by atoms with Gasteiger partial charge >= 0.3 is 0 Å². The van der Waals surface area contributed by atoms with E-state index in [9.17, 15) is 4.39 Å². The van der Waals surface area contributed by atoms with Gasteiger partial charge in [-0.3, -0.25) is 4.90 Å². The minimum absolute atomic E-state index is 0.201. The highest BCUT2D eigenvalue weighted by Gasteiger charge is 2.26. The average molecular weight is 355 g/mol. The second kappa shape index (κ2) is 6.35. The third-order valence-electron chi connectivity index (χ3n) is 3.59. The predicted molar refractivity (Wildman–Crippen MR) is 84.7 cm³/mol. The van der Waals surface area contributed by atoms with Gasteiger partial charge in [0.25, 0.3) is 0 Å². The van der Waals surface area contributed by atoms with Crippen molar-refractivity contribution >= 4 is 27.3 Å². The summed E-state index contributed by atoms with van der Waals surface area (Å²) in [5, 5.41) is 5.48. The fourth-order valence-electron chi connectivity index (χ4n) is 2.64. The van der Waals surface area contributed by atoms with Gasteiger partial charge in [0.1, 0.15) is 5.82 Å². The Morgan fingerprint density at radius 3 is 2.70 bits per heavy atom. The Morgan fingerprint density at radius 2 is 2.05 bits per heavy atom. The van der Waals surface area contributed by atoms with Crippen molar-refractivity contribution in [3.63, 3.8) is 0 Å². The number of halogens is 2. The normalized spacial score (nSPS) is 18.1. The third kappa shape index (κ3) is 2.96. The lowest BCUT2D eigenvalue weighted by Crippen LogP contribution is -2.45. The maximum atomic E-state index is 13.3. The van der Waals surface area contributed by atoms with Gasteiger partial charge in [-0.25, -0.2) is 4.39 Å². The Kier molecular flexibility index (Phi) is 4.51. The van der Waals surface area contributed by atoms with Crippen molar-refractivity contribution in [2.24, 2.45) is 0 Å². The van der Waals surface area contributed by atoms with Crippen LogP contribution in [0.2, 0.25) is 0 Å².